The number of aryl methyl sites for hydroxylation is 1. The van der Waals surface area contributed by atoms with Crippen LogP contribution in [0, 0.1) is 19.7 Å². The first-order chi connectivity index (χ1) is 15.9. The van der Waals surface area contributed by atoms with E-state index in [2.05, 4.69) is 10.4 Å². The van der Waals surface area contributed by atoms with Crippen molar-refractivity contribution in [3.8, 4) is 5.69 Å². The van der Waals surface area contributed by atoms with Gasteiger partial charge in [0.05, 0.1) is 11.4 Å². The van der Waals surface area contributed by atoms with Crippen LogP contribution in [-0.4, -0.2) is 33.0 Å². The van der Waals surface area contributed by atoms with E-state index >= 15 is 0 Å². The van der Waals surface area contributed by atoms with Crippen LogP contribution in [0.3, 0.4) is 0 Å². The zero-order valence-corrected chi connectivity index (χ0v) is 18.8. The summed E-state index contributed by atoms with van der Waals surface area (Å²) in [5.74, 6) is -0.372. The molecule has 1 fully saturated rings. The van der Waals surface area contributed by atoms with Crippen molar-refractivity contribution in [1.29, 1.82) is 0 Å². The number of aromatic nitrogens is 2. The molecule has 2 amide bonds. The summed E-state index contributed by atoms with van der Waals surface area (Å²) < 4.78 is 15.0. The van der Waals surface area contributed by atoms with Gasteiger partial charge in [-0.15, -0.1) is 0 Å². The second-order valence-electron chi connectivity index (χ2n) is 8.27. The number of benzene rings is 2. The summed E-state index contributed by atoms with van der Waals surface area (Å²) in [7, 11) is 0. The Kier molecular flexibility index (Phi) is 6.68. The molecule has 7 heteroatoms. The summed E-state index contributed by atoms with van der Waals surface area (Å²) in [6.45, 7) is 5.12. The van der Waals surface area contributed by atoms with E-state index in [0.717, 1.165) is 47.6 Å². The van der Waals surface area contributed by atoms with Gasteiger partial charge >= 0.3 is 0 Å². The van der Waals surface area contributed by atoms with Gasteiger partial charge in [-0.1, -0.05) is 12.1 Å². The lowest BCUT2D eigenvalue weighted by molar-refractivity contribution is -0.133. The molecule has 1 N–H and O–H groups in total. The highest BCUT2D eigenvalue weighted by atomic mass is 19.1. The van der Waals surface area contributed by atoms with Crippen LogP contribution in [0.4, 0.5) is 10.1 Å². The molecule has 2 heterocycles. The van der Waals surface area contributed by atoms with Crippen molar-refractivity contribution in [3.05, 3.63) is 82.9 Å². The first kappa shape index (κ1) is 22.5. The molecule has 0 unspecified atom stereocenters. The Bertz CT molecular complexity index is 1200. The number of nitrogens with one attached hydrogen (secondary N) is 1. The zero-order chi connectivity index (χ0) is 23.4. The summed E-state index contributed by atoms with van der Waals surface area (Å²) >= 11 is 0. The SMILES string of the molecule is Cc1nn(-c2ccc(F)cc2)c(C)c1/C=C/C(=O)Nc1cccc(CN2CCCCC2=O)c1. The number of carbonyl (C=O) groups excluding carboxylic acids is 2. The Morgan fingerprint density at radius 2 is 1.94 bits per heavy atom. The van der Waals surface area contributed by atoms with E-state index in [1.54, 1.807) is 22.9 Å². The fourth-order valence-corrected chi connectivity index (χ4v) is 4.07. The molecule has 0 saturated carbocycles. The minimum atomic E-state index is -0.302. The van der Waals surface area contributed by atoms with Crippen LogP contribution in [-0.2, 0) is 16.1 Å². The van der Waals surface area contributed by atoms with E-state index in [1.807, 2.05) is 43.0 Å². The molecule has 4 rings (SSSR count). The first-order valence-corrected chi connectivity index (χ1v) is 11.1. The number of likely N-dealkylation sites (tertiary alicyclic amines) is 1. The molecule has 1 aliphatic heterocycles. The minimum Gasteiger partial charge on any atom is -0.338 e. The monoisotopic (exact) mass is 446 g/mol. The number of hydrogen-bond donors (Lipinski definition) is 1. The highest BCUT2D eigenvalue weighted by Gasteiger charge is 2.18. The minimum absolute atomic E-state index is 0.186. The zero-order valence-electron chi connectivity index (χ0n) is 18.8. The lowest BCUT2D eigenvalue weighted by atomic mass is 10.1. The lowest BCUT2D eigenvalue weighted by Crippen LogP contribution is -2.34. The highest BCUT2D eigenvalue weighted by Crippen LogP contribution is 2.20. The molecule has 0 atom stereocenters. The van der Waals surface area contributed by atoms with Gasteiger partial charge < -0.3 is 10.2 Å². The first-order valence-electron chi connectivity index (χ1n) is 11.1. The van der Waals surface area contributed by atoms with Crippen LogP contribution in [0.1, 0.15) is 41.8 Å². The molecule has 33 heavy (non-hydrogen) atoms. The number of halogens is 1. The molecule has 170 valence electrons. The number of carbonyl (C=O) groups is 2. The maximum Gasteiger partial charge on any atom is 0.248 e. The van der Waals surface area contributed by atoms with Gasteiger partial charge in [-0.3, -0.25) is 9.59 Å². The Balaban J connectivity index is 1.43. The average molecular weight is 447 g/mol. The van der Waals surface area contributed by atoms with Crippen LogP contribution in [0.5, 0.6) is 0 Å². The van der Waals surface area contributed by atoms with Crippen molar-refractivity contribution in [3.63, 3.8) is 0 Å². The predicted molar refractivity (Wildman–Crippen MR) is 126 cm³/mol. The van der Waals surface area contributed by atoms with E-state index in [-0.39, 0.29) is 17.6 Å². The van der Waals surface area contributed by atoms with E-state index < -0.39 is 0 Å². The van der Waals surface area contributed by atoms with Crippen molar-refractivity contribution in [2.45, 2.75) is 39.7 Å². The van der Waals surface area contributed by atoms with Crippen molar-refractivity contribution in [1.82, 2.24) is 14.7 Å². The van der Waals surface area contributed by atoms with Gasteiger partial charge in [0.2, 0.25) is 11.8 Å². The van der Waals surface area contributed by atoms with Gasteiger partial charge in [-0.05, 0) is 74.7 Å². The molecule has 0 spiro atoms. The molecule has 3 aromatic rings. The summed E-state index contributed by atoms with van der Waals surface area (Å²) in [5.41, 5.74) is 4.89. The van der Waals surface area contributed by atoms with Gasteiger partial charge in [0, 0.05) is 42.5 Å². The Morgan fingerprint density at radius 1 is 1.15 bits per heavy atom. The lowest BCUT2D eigenvalue weighted by Gasteiger charge is -2.26. The second kappa shape index (κ2) is 9.81. The average Bonchev–Trinajstić information content (AvgIpc) is 3.08. The number of piperidine rings is 1. The number of nitrogens with zero attached hydrogens (tertiary/aromatic N) is 3. The topological polar surface area (TPSA) is 67.2 Å². The summed E-state index contributed by atoms with van der Waals surface area (Å²) in [6.07, 6.45) is 5.82. The smallest absolute Gasteiger partial charge is 0.248 e. The third-order valence-corrected chi connectivity index (χ3v) is 5.81. The van der Waals surface area contributed by atoms with Crippen LogP contribution in [0.2, 0.25) is 0 Å². The van der Waals surface area contributed by atoms with Crippen LogP contribution in [0.15, 0.2) is 54.6 Å². The maximum absolute atomic E-state index is 13.2. The molecule has 2 aromatic carbocycles. The predicted octanol–water partition coefficient (Wildman–Crippen LogP) is 4.79. The molecular weight excluding hydrogens is 419 g/mol. The summed E-state index contributed by atoms with van der Waals surface area (Å²) in [4.78, 5) is 26.5. The maximum atomic E-state index is 13.2. The summed E-state index contributed by atoms with van der Waals surface area (Å²) in [6, 6.07) is 13.7. The van der Waals surface area contributed by atoms with Gasteiger partial charge in [0.15, 0.2) is 0 Å². The fourth-order valence-electron chi connectivity index (χ4n) is 4.07. The normalized spacial score (nSPS) is 14.2. The van der Waals surface area contributed by atoms with E-state index in [9.17, 15) is 14.0 Å². The van der Waals surface area contributed by atoms with Crippen molar-refractivity contribution < 1.29 is 14.0 Å². The molecular formula is C26H27FN4O2. The molecule has 1 aromatic heterocycles. The number of rotatable bonds is 6. The van der Waals surface area contributed by atoms with Crippen molar-refractivity contribution in [2.75, 3.05) is 11.9 Å². The van der Waals surface area contributed by atoms with Crippen LogP contribution < -0.4 is 5.32 Å². The Morgan fingerprint density at radius 3 is 2.70 bits per heavy atom. The van der Waals surface area contributed by atoms with Crippen LogP contribution >= 0.6 is 0 Å². The Labute approximate surface area is 192 Å². The third kappa shape index (κ3) is 5.37. The molecule has 0 bridgehead atoms. The summed E-state index contributed by atoms with van der Waals surface area (Å²) in [5, 5.41) is 7.41. The second-order valence-corrected chi connectivity index (χ2v) is 8.27. The largest absolute Gasteiger partial charge is 0.338 e. The van der Waals surface area contributed by atoms with E-state index in [4.69, 9.17) is 0 Å². The van der Waals surface area contributed by atoms with Gasteiger partial charge in [-0.25, -0.2) is 9.07 Å². The molecule has 0 aliphatic carbocycles. The van der Waals surface area contributed by atoms with Gasteiger partial charge in [0.1, 0.15) is 5.82 Å². The van der Waals surface area contributed by atoms with Crippen LogP contribution in [0.25, 0.3) is 11.8 Å². The van der Waals surface area contributed by atoms with Gasteiger partial charge in [0.25, 0.3) is 0 Å². The Hall–Kier alpha value is -3.74. The number of hydrogen-bond acceptors (Lipinski definition) is 3. The third-order valence-electron chi connectivity index (χ3n) is 5.81. The molecule has 1 saturated heterocycles. The highest BCUT2D eigenvalue weighted by molar-refractivity contribution is 6.02. The van der Waals surface area contributed by atoms with E-state index in [0.29, 0.717) is 18.7 Å². The molecule has 1 aliphatic rings. The standard InChI is InChI=1S/C26H27FN4O2/c1-18-24(19(2)31(29-18)23-11-9-21(27)10-12-23)13-14-25(32)28-22-7-5-6-20(16-22)17-30-15-4-3-8-26(30)33/h5-7,9-14,16H,3-4,8,15,17H2,1-2H3,(H,28,32)/b14-13+. The fraction of sp³-hybridized carbons (Fsp3) is 0.269. The van der Waals surface area contributed by atoms with Crippen molar-refractivity contribution >= 4 is 23.6 Å². The number of anilines is 1. The number of amides is 2. The van der Waals surface area contributed by atoms with Gasteiger partial charge in [-0.2, -0.15) is 5.10 Å². The molecule has 0 radical (unpaired) electrons. The quantitative estimate of drug-likeness (QED) is 0.554. The van der Waals surface area contributed by atoms with E-state index in [1.165, 1.54) is 18.2 Å². The molecule has 6 nitrogen and oxygen atoms in total. The van der Waals surface area contributed by atoms with Crippen molar-refractivity contribution in [2.24, 2.45) is 0 Å².